The molecule has 104 valence electrons. The molecular formula is C13H17FN2O3. The van der Waals surface area contributed by atoms with E-state index < -0.39 is 11.8 Å². The van der Waals surface area contributed by atoms with E-state index in [1.54, 1.807) is 0 Å². The van der Waals surface area contributed by atoms with Gasteiger partial charge in [-0.3, -0.25) is 0 Å². The number of rotatable bonds is 4. The van der Waals surface area contributed by atoms with E-state index in [1.807, 2.05) is 0 Å². The molecule has 1 fully saturated rings. The van der Waals surface area contributed by atoms with Crippen molar-refractivity contribution < 1.29 is 19.0 Å². The molecular weight excluding hydrogens is 251 g/mol. The Balaban J connectivity index is 2.11. The van der Waals surface area contributed by atoms with Crippen molar-refractivity contribution in [1.29, 1.82) is 0 Å². The standard InChI is InChI=1S/C13H17FN2O3/c14-9-1-2-10(11(12(9)15)13(17)18)16-7-8-3-5-19-6-4-8/h1-2,8,16H,3-7,15H2,(H,17,18). The maximum atomic E-state index is 13.3. The van der Waals surface area contributed by atoms with Gasteiger partial charge < -0.3 is 20.9 Å². The quantitative estimate of drug-likeness (QED) is 0.727. The van der Waals surface area contributed by atoms with Crippen LogP contribution in [0.4, 0.5) is 15.8 Å². The summed E-state index contributed by atoms with van der Waals surface area (Å²) in [6.07, 6.45) is 1.87. The van der Waals surface area contributed by atoms with Gasteiger partial charge >= 0.3 is 5.97 Å². The van der Waals surface area contributed by atoms with E-state index >= 15 is 0 Å². The van der Waals surface area contributed by atoms with Crippen LogP contribution in [-0.2, 0) is 4.74 Å². The van der Waals surface area contributed by atoms with Gasteiger partial charge in [0.15, 0.2) is 0 Å². The average molecular weight is 268 g/mol. The van der Waals surface area contributed by atoms with Crippen molar-refractivity contribution >= 4 is 17.3 Å². The van der Waals surface area contributed by atoms with Crippen LogP contribution in [0, 0.1) is 11.7 Å². The molecule has 1 aliphatic rings. The van der Waals surface area contributed by atoms with Crippen LogP contribution in [0.25, 0.3) is 0 Å². The highest BCUT2D eigenvalue weighted by atomic mass is 19.1. The lowest BCUT2D eigenvalue weighted by Crippen LogP contribution is -2.23. The number of nitrogen functional groups attached to an aromatic ring is 1. The normalized spacial score (nSPS) is 16.3. The van der Waals surface area contributed by atoms with Crippen LogP contribution in [0.5, 0.6) is 0 Å². The summed E-state index contributed by atoms with van der Waals surface area (Å²) in [6, 6.07) is 2.59. The van der Waals surface area contributed by atoms with Crippen LogP contribution in [0.3, 0.4) is 0 Å². The lowest BCUT2D eigenvalue weighted by molar-refractivity contribution is 0.0689. The molecule has 0 bridgehead atoms. The second kappa shape index (κ2) is 5.88. The largest absolute Gasteiger partial charge is 0.478 e. The Labute approximate surface area is 110 Å². The molecule has 0 atom stereocenters. The van der Waals surface area contributed by atoms with Gasteiger partial charge in [-0.2, -0.15) is 0 Å². The number of carboxylic acid groups (broad SMARTS) is 1. The molecule has 6 heteroatoms. The van der Waals surface area contributed by atoms with Gasteiger partial charge in [-0.05, 0) is 30.9 Å². The third-order valence-corrected chi connectivity index (χ3v) is 3.33. The predicted molar refractivity (Wildman–Crippen MR) is 69.8 cm³/mol. The number of carbonyl (C=O) groups is 1. The van der Waals surface area contributed by atoms with E-state index in [1.165, 1.54) is 12.1 Å². The van der Waals surface area contributed by atoms with Gasteiger partial charge in [0.05, 0.1) is 11.4 Å². The second-order valence-corrected chi connectivity index (χ2v) is 4.63. The molecule has 0 spiro atoms. The van der Waals surface area contributed by atoms with Crippen molar-refractivity contribution in [2.45, 2.75) is 12.8 Å². The van der Waals surface area contributed by atoms with Crippen molar-refractivity contribution in [3.8, 4) is 0 Å². The summed E-state index contributed by atoms with van der Waals surface area (Å²) >= 11 is 0. The fourth-order valence-corrected chi connectivity index (χ4v) is 2.18. The molecule has 1 saturated heterocycles. The molecule has 0 aliphatic carbocycles. The molecule has 5 nitrogen and oxygen atoms in total. The zero-order valence-corrected chi connectivity index (χ0v) is 10.5. The summed E-state index contributed by atoms with van der Waals surface area (Å²) in [4.78, 5) is 11.1. The highest BCUT2D eigenvalue weighted by molar-refractivity contribution is 6.00. The van der Waals surface area contributed by atoms with Crippen LogP contribution < -0.4 is 11.1 Å². The number of halogens is 1. The van der Waals surface area contributed by atoms with Crippen molar-refractivity contribution in [1.82, 2.24) is 0 Å². The van der Waals surface area contributed by atoms with Crippen LogP contribution in [-0.4, -0.2) is 30.8 Å². The summed E-state index contributed by atoms with van der Waals surface area (Å²) in [5.74, 6) is -1.51. The van der Waals surface area contributed by atoms with Crippen LogP contribution in [0.2, 0.25) is 0 Å². The molecule has 2 rings (SSSR count). The van der Waals surface area contributed by atoms with E-state index in [0.717, 1.165) is 26.1 Å². The first-order valence-electron chi connectivity index (χ1n) is 6.22. The van der Waals surface area contributed by atoms with Crippen molar-refractivity contribution in [2.75, 3.05) is 30.8 Å². The predicted octanol–water partition coefficient (Wildman–Crippen LogP) is 1.94. The number of nitrogens with two attached hydrogens (primary N) is 1. The molecule has 0 aromatic heterocycles. The third-order valence-electron chi connectivity index (χ3n) is 3.33. The summed E-state index contributed by atoms with van der Waals surface area (Å²) in [5.41, 5.74) is 5.31. The Bertz CT molecular complexity index is 473. The highest BCUT2D eigenvalue weighted by Crippen LogP contribution is 2.26. The fraction of sp³-hybridized carbons (Fsp3) is 0.462. The Morgan fingerprint density at radius 2 is 2.16 bits per heavy atom. The summed E-state index contributed by atoms with van der Waals surface area (Å²) in [5, 5.41) is 12.2. The topological polar surface area (TPSA) is 84.6 Å². The van der Waals surface area contributed by atoms with E-state index in [-0.39, 0.29) is 11.3 Å². The van der Waals surface area contributed by atoms with Crippen molar-refractivity contribution in [2.24, 2.45) is 5.92 Å². The number of benzene rings is 1. The molecule has 4 N–H and O–H groups in total. The SMILES string of the molecule is Nc1c(F)ccc(NCC2CCOCC2)c1C(=O)O. The highest BCUT2D eigenvalue weighted by Gasteiger charge is 2.19. The molecule has 0 amide bonds. The zero-order chi connectivity index (χ0) is 13.8. The fourth-order valence-electron chi connectivity index (χ4n) is 2.18. The maximum Gasteiger partial charge on any atom is 0.340 e. The second-order valence-electron chi connectivity index (χ2n) is 4.63. The van der Waals surface area contributed by atoms with Gasteiger partial charge in [-0.15, -0.1) is 0 Å². The Hall–Kier alpha value is -1.82. The Morgan fingerprint density at radius 1 is 1.47 bits per heavy atom. The van der Waals surface area contributed by atoms with Crippen LogP contribution >= 0.6 is 0 Å². The molecule has 1 aliphatic heterocycles. The minimum Gasteiger partial charge on any atom is -0.478 e. The summed E-state index contributed by atoms with van der Waals surface area (Å²) in [7, 11) is 0. The minimum absolute atomic E-state index is 0.202. The zero-order valence-electron chi connectivity index (χ0n) is 10.5. The molecule has 1 aromatic rings. The van der Waals surface area contributed by atoms with Crippen molar-refractivity contribution in [3.05, 3.63) is 23.5 Å². The van der Waals surface area contributed by atoms with Gasteiger partial charge in [0.1, 0.15) is 11.4 Å². The van der Waals surface area contributed by atoms with Gasteiger partial charge in [0.25, 0.3) is 0 Å². The summed E-state index contributed by atoms with van der Waals surface area (Å²) in [6.45, 7) is 2.09. The first-order chi connectivity index (χ1) is 9.09. The maximum absolute atomic E-state index is 13.3. The monoisotopic (exact) mass is 268 g/mol. The first kappa shape index (κ1) is 13.6. The van der Waals surface area contributed by atoms with Crippen LogP contribution in [0.15, 0.2) is 12.1 Å². The number of aromatic carboxylic acids is 1. The minimum atomic E-state index is -1.23. The summed E-state index contributed by atoms with van der Waals surface area (Å²) < 4.78 is 18.5. The van der Waals surface area contributed by atoms with Gasteiger partial charge in [0, 0.05) is 19.8 Å². The number of anilines is 2. The number of hydrogen-bond donors (Lipinski definition) is 3. The lowest BCUT2D eigenvalue weighted by atomic mass is 10.00. The third kappa shape index (κ3) is 3.14. The van der Waals surface area contributed by atoms with Crippen molar-refractivity contribution in [3.63, 3.8) is 0 Å². The Morgan fingerprint density at radius 3 is 2.79 bits per heavy atom. The number of carboxylic acids is 1. The molecule has 0 saturated carbocycles. The first-order valence-corrected chi connectivity index (χ1v) is 6.22. The Kier molecular flexibility index (Phi) is 4.21. The molecule has 19 heavy (non-hydrogen) atoms. The van der Waals surface area contributed by atoms with E-state index in [0.29, 0.717) is 18.2 Å². The van der Waals surface area contributed by atoms with E-state index in [9.17, 15) is 9.18 Å². The molecule has 1 heterocycles. The van der Waals surface area contributed by atoms with Gasteiger partial charge in [-0.1, -0.05) is 0 Å². The lowest BCUT2D eigenvalue weighted by Gasteiger charge is -2.23. The smallest absolute Gasteiger partial charge is 0.340 e. The average Bonchev–Trinajstić information content (AvgIpc) is 2.41. The molecule has 1 aromatic carbocycles. The molecule has 0 unspecified atom stereocenters. The molecule has 0 radical (unpaired) electrons. The van der Waals surface area contributed by atoms with E-state index in [2.05, 4.69) is 5.32 Å². The number of hydrogen-bond acceptors (Lipinski definition) is 4. The van der Waals surface area contributed by atoms with Gasteiger partial charge in [0.2, 0.25) is 0 Å². The van der Waals surface area contributed by atoms with Crippen LogP contribution in [0.1, 0.15) is 23.2 Å². The van der Waals surface area contributed by atoms with Gasteiger partial charge in [-0.25, -0.2) is 9.18 Å². The number of ether oxygens (including phenoxy) is 1. The van der Waals surface area contributed by atoms with E-state index in [4.69, 9.17) is 15.6 Å². The number of nitrogens with one attached hydrogen (secondary N) is 1.